The number of nitrogens with one attached hydrogen (secondary N) is 1. The van der Waals surface area contributed by atoms with Gasteiger partial charge in [0.25, 0.3) is 0 Å². The molecular weight excluding hydrogens is 244 g/mol. The van der Waals surface area contributed by atoms with Gasteiger partial charge in [-0.1, -0.05) is 6.92 Å². The van der Waals surface area contributed by atoms with Gasteiger partial charge in [0.05, 0.1) is 11.3 Å². The van der Waals surface area contributed by atoms with Crippen LogP contribution in [0.1, 0.15) is 28.8 Å². The van der Waals surface area contributed by atoms with Crippen LogP contribution in [0, 0.1) is 25.2 Å². The van der Waals surface area contributed by atoms with Crippen molar-refractivity contribution in [1.82, 2.24) is 9.97 Å². The summed E-state index contributed by atoms with van der Waals surface area (Å²) in [4.78, 5) is 10.0. The Balaban J connectivity index is 2.33. The van der Waals surface area contributed by atoms with Crippen LogP contribution in [0.4, 0.5) is 10.9 Å². The van der Waals surface area contributed by atoms with Crippen molar-refractivity contribution in [2.24, 2.45) is 0 Å². The van der Waals surface area contributed by atoms with E-state index < -0.39 is 0 Å². The molecule has 5 heteroatoms. The Morgan fingerprint density at radius 2 is 2.11 bits per heavy atom. The van der Waals surface area contributed by atoms with Crippen LogP contribution < -0.4 is 5.32 Å². The minimum Gasteiger partial charge on any atom is -0.315 e. The number of nitrogens with zero attached hydrogens (tertiary/aromatic N) is 3. The van der Waals surface area contributed by atoms with Crippen LogP contribution in [0.3, 0.4) is 0 Å². The fourth-order valence-electron chi connectivity index (χ4n) is 1.65. The van der Waals surface area contributed by atoms with Crippen LogP contribution >= 0.6 is 11.3 Å². The number of thiazole rings is 1. The van der Waals surface area contributed by atoms with Gasteiger partial charge in [-0.25, -0.2) is 9.97 Å². The van der Waals surface area contributed by atoms with Crippen LogP contribution in [-0.2, 0) is 6.42 Å². The number of pyridine rings is 1. The molecule has 2 aromatic heterocycles. The summed E-state index contributed by atoms with van der Waals surface area (Å²) in [5.74, 6) is 0.578. The Morgan fingerprint density at radius 1 is 1.33 bits per heavy atom. The monoisotopic (exact) mass is 258 g/mol. The van der Waals surface area contributed by atoms with Crippen molar-refractivity contribution < 1.29 is 0 Å². The molecule has 0 unspecified atom stereocenters. The van der Waals surface area contributed by atoms with Gasteiger partial charge in [0.1, 0.15) is 11.9 Å². The number of hydrogen-bond donors (Lipinski definition) is 1. The van der Waals surface area contributed by atoms with E-state index >= 15 is 0 Å². The number of nitriles is 1. The number of rotatable bonds is 3. The van der Waals surface area contributed by atoms with Gasteiger partial charge in [-0.2, -0.15) is 5.26 Å². The molecule has 0 saturated heterocycles. The molecule has 1 N–H and O–H groups in total. The number of hydrogen-bond acceptors (Lipinski definition) is 5. The molecule has 0 aliphatic rings. The molecule has 0 aliphatic carbocycles. The van der Waals surface area contributed by atoms with Crippen LogP contribution in [0.25, 0.3) is 0 Å². The van der Waals surface area contributed by atoms with E-state index in [1.54, 1.807) is 17.4 Å². The van der Waals surface area contributed by atoms with Crippen LogP contribution in [0.15, 0.2) is 12.1 Å². The minimum atomic E-state index is 0.534. The number of aromatic nitrogens is 2. The molecule has 2 heterocycles. The number of aryl methyl sites for hydroxylation is 3. The first-order valence-electron chi connectivity index (χ1n) is 5.75. The van der Waals surface area contributed by atoms with Crippen molar-refractivity contribution >= 4 is 22.3 Å². The van der Waals surface area contributed by atoms with E-state index in [0.29, 0.717) is 11.4 Å². The quantitative estimate of drug-likeness (QED) is 0.917. The summed E-state index contributed by atoms with van der Waals surface area (Å²) in [6.45, 7) is 6.03. The van der Waals surface area contributed by atoms with Crippen LogP contribution in [-0.4, -0.2) is 9.97 Å². The molecule has 0 aromatic carbocycles. The van der Waals surface area contributed by atoms with E-state index in [1.165, 1.54) is 4.88 Å². The molecule has 0 saturated carbocycles. The lowest BCUT2D eigenvalue weighted by atomic mass is 10.2. The second-order valence-corrected chi connectivity index (χ2v) is 5.16. The molecule has 0 spiro atoms. The van der Waals surface area contributed by atoms with Gasteiger partial charge < -0.3 is 5.32 Å². The van der Waals surface area contributed by atoms with E-state index in [4.69, 9.17) is 5.26 Å². The molecule has 0 fully saturated rings. The normalized spacial score (nSPS) is 10.1. The second-order valence-electron chi connectivity index (χ2n) is 3.96. The molecule has 0 atom stereocenters. The van der Waals surface area contributed by atoms with Crippen molar-refractivity contribution in [3.05, 3.63) is 34.0 Å². The maximum Gasteiger partial charge on any atom is 0.188 e. The maximum absolute atomic E-state index is 9.05. The molecule has 0 radical (unpaired) electrons. The molecule has 0 aliphatic heterocycles. The van der Waals surface area contributed by atoms with Crippen molar-refractivity contribution in [1.29, 1.82) is 5.26 Å². The highest BCUT2D eigenvalue weighted by molar-refractivity contribution is 7.15. The summed E-state index contributed by atoms with van der Waals surface area (Å²) in [7, 11) is 0. The fraction of sp³-hybridized carbons (Fsp3) is 0.308. The summed E-state index contributed by atoms with van der Waals surface area (Å²) in [5, 5.41) is 13.0. The van der Waals surface area contributed by atoms with Gasteiger partial charge in [0.15, 0.2) is 5.13 Å². The minimum absolute atomic E-state index is 0.534. The third-order valence-corrected chi connectivity index (χ3v) is 3.54. The predicted octanol–water partition coefficient (Wildman–Crippen LogP) is 3.33. The lowest BCUT2D eigenvalue weighted by Gasteiger charge is -2.04. The third kappa shape index (κ3) is 2.49. The molecule has 0 amide bonds. The molecule has 18 heavy (non-hydrogen) atoms. The van der Waals surface area contributed by atoms with Gasteiger partial charge >= 0.3 is 0 Å². The first-order valence-corrected chi connectivity index (χ1v) is 6.56. The Hall–Kier alpha value is -1.93. The average molecular weight is 258 g/mol. The third-order valence-electron chi connectivity index (χ3n) is 2.61. The molecule has 4 nitrogen and oxygen atoms in total. The van der Waals surface area contributed by atoms with Gasteiger partial charge in [-0.05, 0) is 32.4 Å². The van der Waals surface area contributed by atoms with E-state index in [1.807, 2.05) is 13.0 Å². The average Bonchev–Trinajstić information content (AvgIpc) is 2.70. The summed E-state index contributed by atoms with van der Waals surface area (Å²) >= 11 is 1.59. The zero-order valence-electron chi connectivity index (χ0n) is 10.6. The zero-order valence-corrected chi connectivity index (χ0v) is 11.4. The zero-order chi connectivity index (χ0) is 13.1. The lowest BCUT2D eigenvalue weighted by molar-refractivity contribution is 1.04. The Labute approximate surface area is 110 Å². The Bertz CT molecular complexity index is 610. The highest BCUT2D eigenvalue weighted by Crippen LogP contribution is 2.26. The Morgan fingerprint density at radius 3 is 2.72 bits per heavy atom. The van der Waals surface area contributed by atoms with Crippen LogP contribution in [0.5, 0.6) is 0 Å². The Kier molecular flexibility index (Phi) is 3.58. The summed E-state index contributed by atoms with van der Waals surface area (Å²) in [6.07, 6.45) is 0.913. The fourth-order valence-corrected chi connectivity index (χ4v) is 2.55. The first kappa shape index (κ1) is 12.5. The van der Waals surface area contributed by atoms with Crippen LogP contribution in [0.2, 0.25) is 0 Å². The maximum atomic E-state index is 9.05. The molecule has 0 bridgehead atoms. The van der Waals surface area contributed by atoms with Gasteiger partial charge in [-0.15, -0.1) is 11.3 Å². The van der Waals surface area contributed by atoms with E-state index in [2.05, 4.69) is 35.2 Å². The van der Waals surface area contributed by atoms with Crippen molar-refractivity contribution in [3.8, 4) is 6.07 Å². The summed E-state index contributed by atoms with van der Waals surface area (Å²) in [6, 6.07) is 5.73. The summed E-state index contributed by atoms with van der Waals surface area (Å²) < 4.78 is 0. The van der Waals surface area contributed by atoms with Crippen molar-refractivity contribution in [2.75, 3.05) is 5.32 Å². The second kappa shape index (κ2) is 5.15. The molecular formula is C13H14N4S. The van der Waals surface area contributed by atoms with Gasteiger partial charge in [0.2, 0.25) is 0 Å². The highest BCUT2D eigenvalue weighted by atomic mass is 32.1. The van der Waals surface area contributed by atoms with E-state index in [9.17, 15) is 0 Å². The SMILES string of the molecule is CCc1nc(Nc2nc(C)ccc2C#N)sc1C. The lowest BCUT2D eigenvalue weighted by Crippen LogP contribution is -1.98. The molecule has 2 rings (SSSR count). The van der Waals surface area contributed by atoms with Crippen molar-refractivity contribution in [2.45, 2.75) is 27.2 Å². The first-order chi connectivity index (χ1) is 8.63. The van der Waals surface area contributed by atoms with Gasteiger partial charge in [0, 0.05) is 10.6 Å². The van der Waals surface area contributed by atoms with E-state index in [-0.39, 0.29) is 0 Å². The predicted molar refractivity (Wildman–Crippen MR) is 73.2 cm³/mol. The van der Waals surface area contributed by atoms with E-state index in [0.717, 1.165) is 22.9 Å². The van der Waals surface area contributed by atoms with Gasteiger partial charge in [-0.3, -0.25) is 0 Å². The largest absolute Gasteiger partial charge is 0.315 e. The topological polar surface area (TPSA) is 61.6 Å². The smallest absolute Gasteiger partial charge is 0.188 e. The molecule has 2 aromatic rings. The molecule has 92 valence electrons. The highest BCUT2D eigenvalue weighted by Gasteiger charge is 2.09. The summed E-state index contributed by atoms with van der Waals surface area (Å²) in [5.41, 5.74) is 2.50. The number of anilines is 2. The van der Waals surface area contributed by atoms with Crippen molar-refractivity contribution in [3.63, 3.8) is 0 Å². The standard InChI is InChI=1S/C13H14N4S/c1-4-11-9(3)18-13(16-11)17-12-10(7-14)6-5-8(2)15-12/h5-6H,4H2,1-3H3,(H,15,16,17).